The van der Waals surface area contributed by atoms with Crippen LogP contribution in [0.1, 0.15) is 38.5 Å². The summed E-state index contributed by atoms with van der Waals surface area (Å²) in [6.45, 7) is 6.27. The quantitative estimate of drug-likeness (QED) is 0.786. The highest BCUT2D eigenvalue weighted by atomic mass is 16.3. The lowest BCUT2D eigenvalue weighted by atomic mass is 10.0. The molecule has 3 rings (SSSR count). The highest BCUT2D eigenvalue weighted by molar-refractivity contribution is 4.87. The van der Waals surface area contributed by atoms with Gasteiger partial charge in [-0.1, -0.05) is 6.42 Å². The summed E-state index contributed by atoms with van der Waals surface area (Å²) in [6, 6.07) is 0.816. The topological polar surface area (TPSA) is 26.7 Å². The Hall–Kier alpha value is -0.120. The van der Waals surface area contributed by atoms with Gasteiger partial charge in [0.1, 0.15) is 0 Å². The largest absolute Gasteiger partial charge is 0.393 e. The molecule has 0 amide bonds. The Morgan fingerprint density at radius 2 is 1.82 bits per heavy atom. The van der Waals surface area contributed by atoms with Gasteiger partial charge < -0.3 is 10.0 Å². The lowest BCUT2D eigenvalue weighted by Crippen LogP contribution is -2.39. The van der Waals surface area contributed by atoms with Crippen LogP contribution in [0.2, 0.25) is 0 Å². The maximum atomic E-state index is 9.94. The fourth-order valence-electron chi connectivity index (χ4n) is 4.01. The van der Waals surface area contributed by atoms with Gasteiger partial charge >= 0.3 is 0 Å². The second-order valence-corrected chi connectivity index (χ2v) is 6.20. The summed E-state index contributed by atoms with van der Waals surface area (Å²) in [4.78, 5) is 5.32. The Balaban J connectivity index is 1.55. The Bertz CT molecular complexity index is 259. The first-order valence-electron chi connectivity index (χ1n) is 7.47. The highest BCUT2D eigenvalue weighted by Gasteiger charge is 2.32. The van der Waals surface area contributed by atoms with Gasteiger partial charge in [0.2, 0.25) is 0 Å². The van der Waals surface area contributed by atoms with Gasteiger partial charge in [-0.2, -0.15) is 0 Å². The van der Waals surface area contributed by atoms with Crippen LogP contribution in [0.3, 0.4) is 0 Å². The van der Waals surface area contributed by atoms with E-state index in [0.717, 1.165) is 19.0 Å². The Morgan fingerprint density at radius 3 is 2.65 bits per heavy atom. The summed E-state index contributed by atoms with van der Waals surface area (Å²) in [7, 11) is 0. The predicted molar refractivity (Wildman–Crippen MR) is 69.0 cm³/mol. The number of aliphatic hydroxyl groups excluding tert-OH is 1. The highest BCUT2D eigenvalue weighted by Crippen LogP contribution is 2.28. The molecule has 3 heteroatoms. The minimum absolute atomic E-state index is 0.0158. The van der Waals surface area contributed by atoms with Crippen molar-refractivity contribution in [1.82, 2.24) is 9.80 Å². The summed E-state index contributed by atoms with van der Waals surface area (Å²) < 4.78 is 0. The van der Waals surface area contributed by atoms with Crippen molar-refractivity contribution in [2.24, 2.45) is 5.92 Å². The molecule has 3 unspecified atom stereocenters. The van der Waals surface area contributed by atoms with E-state index in [1.54, 1.807) is 0 Å². The van der Waals surface area contributed by atoms with Gasteiger partial charge in [-0.25, -0.2) is 0 Å². The van der Waals surface area contributed by atoms with Crippen LogP contribution in [-0.2, 0) is 0 Å². The molecule has 0 aromatic rings. The maximum Gasteiger partial charge on any atom is 0.0580 e. The molecule has 0 spiro atoms. The SMILES string of the molecule is OC1CCCC1CN1CCCN2CCCC2C1. The lowest BCUT2D eigenvalue weighted by molar-refractivity contribution is 0.0988. The van der Waals surface area contributed by atoms with Crippen LogP contribution in [0.25, 0.3) is 0 Å². The van der Waals surface area contributed by atoms with Crippen LogP contribution in [0.4, 0.5) is 0 Å². The van der Waals surface area contributed by atoms with Crippen molar-refractivity contribution in [3.8, 4) is 0 Å². The Kier molecular flexibility index (Phi) is 3.69. The van der Waals surface area contributed by atoms with Crippen molar-refractivity contribution in [3.05, 3.63) is 0 Å². The summed E-state index contributed by atoms with van der Waals surface area (Å²) in [5.74, 6) is 0.558. The molecule has 17 heavy (non-hydrogen) atoms. The third kappa shape index (κ3) is 2.67. The molecule has 2 saturated heterocycles. The van der Waals surface area contributed by atoms with Crippen LogP contribution < -0.4 is 0 Å². The molecule has 3 aliphatic rings. The zero-order valence-corrected chi connectivity index (χ0v) is 10.9. The van der Waals surface area contributed by atoms with E-state index in [0.29, 0.717) is 5.92 Å². The first-order chi connectivity index (χ1) is 8.33. The van der Waals surface area contributed by atoms with E-state index in [-0.39, 0.29) is 6.10 Å². The molecule has 0 aromatic carbocycles. The molecule has 1 saturated carbocycles. The average Bonchev–Trinajstić information content (AvgIpc) is 2.86. The normalized spacial score (nSPS) is 40.4. The Morgan fingerprint density at radius 1 is 0.941 bits per heavy atom. The van der Waals surface area contributed by atoms with Crippen LogP contribution in [0, 0.1) is 5.92 Å². The molecule has 0 radical (unpaired) electrons. The number of rotatable bonds is 2. The molecule has 0 aromatic heterocycles. The minimum Gasteiger partial charge on any atom is -0.393 e. The zero-order chi connectivity index (χ0) is 11.7. The van der Waals surface area contributed by atoms with Gasteiger partial charge in [0, 0.05) is 19.1 Å². The van der Waals surface area contributed by atoms with Gasteiger partial charge in [-0.15, -0.1) is 0 Å². The van der Waals surface area contributed by atoms with Crippen LogP contribution >= 0.6 is 0 Å². The van der Waals surface area contributed by atoms with E-state index in [2.05, 4.69) is 9.80 Å². The van der Waals surface area contributed by atoms with Crippen LogP contribution in [-0.4, -0.2) is 59.8 Å². The van der Waals surface area contributed by atoms with Crippen molar-refractivity contribution >= 4 is 0 Å². The fourth-order valence-corrected chi connectivity index (χ4v) is 4.01. The third-order valence-electron chi connectivity index (χ3n) is 5.00. The first-order valence-corrected chi connectivity index (χ1v) is 7.47. The van der Waals surface area contributed by atoms with Crippen LogP contribution in [0.15, 0.2) is 0 Å². The van der Waals surface area contributed by atoms with Gasteiger partial charge in [0.15, 0.2) is 0 Å². The van der Waals surface area contributed by atoms with Crippen molar-refractivity contribution in [2.45, 2.75) is 50.7 Å². The first kappa shape index (κ1) is 11.9. The molecule has 2 heterocycles. The van der Waals surface area contributed by atoms with Crippen molar-refractivity contribution in [1.29, 1.82) is 0 Å². The van der Waals surface area contributed by atoms with E-state index in [4.69, 9.17) is 0 Å². The maximum absolute atomic E-state index is 9.94. The smallest absolute Gasteiger partial charge is 0.0580 e. The number of hydrogen-bond donors (Lipinski definition) is 1. The predicted octanol–water partition coefficient (Wildman–Crippen LogP) is 1.32. The van der Waals surface area contributed by atoms with Crippen molar-refractivity contribution in [3.63, 3.8) is 0 Å². The number of aliphatic hydroxyl groups is 1. The summed E-state index contributed by atoms with van der Waals surface area (Å²) in [5.41, 5.74) is 0. The lowest BCUT2D eigenvalue weighted by Gasteiger charge is -2.28. The molecule has 0 bridgehead atoms. The third-order valence-corrected chi connectivity index (χ3v) is 5.00. The fraction of sp³-hybridized carbons (Fsp3) is 1.00. The van der Waals surface area contributed by atoms with Crippen molar-refractivity contribution < 1.29 is 5.11 Å². The minimum atomic E-state index is -0.0158. The number of nitrogens with zero attached hydrogens (tertiary/aromatic N) is 2. The van der Waals surface area contributed by atoms with Crippen molar-refractivity contribution in [2.75, 3.05) is 32.7 Å². The molecule has 1 N–H and O–H groups in total. The molecule has 1 aliphatic carbocycles. The molecule has 3 atom stereocenters. The van der Waals surface area contributed by atoms with E-state index in [1.165, 1.54) is 58.3 Å². The number of hydrogen-bond acceptors (Lipinski definition) is 3. The molecule has 3 nitrogen and oxygen atoms in total. The van der Waals surface area contributed by atoms with Gasteiger partial charge in [0.25, 0.3) is 0 Å². The van der Waals surface area contributed by atoms with E-state index in [9.17, 15) is 5.11 Å². The molecular weight excluding hydrogens is 212 g/mol. The summed E-state index contributed by atoms with van der Waals surface area (Å²) >= 11 is 0. The Labute approximate surface area is 105 Å². The van der Waals surface area contributed by atoms with E-state index in [1.807, 2.05) is 0 Å². The van der Waals surface area contributed by atoms with Crippen LogP contribution in [0.5, 0.6) is 0 Å². The average molecular weight is 238 g/mol. The molecule has 3 fully saturated rings. The second kappa shape index (κ2) is 5.25. The standard InChI is InChI=1S/C14H26N2O/c17-14-6-1-4-12(14)10-15-7-3-9-16-8-2-5-13(16)11-15/h12-14,17H,1-11H2. The molecule has 2 aliphatic heterocycles. The van der Waals surface area contributed by atoms with Gasteiger partial charge in [0.05, 0.1) is 6.10 Å². The number of fused-ring (bicyclic) bond motifs is 1. The van der Waals surface area contributed by atoms with Gasteiger partial charge in [-0.05, 0) is 57.7 Å². The summed E-state index contributed by atoms with van der Waals surface area (Å²) in [5, 5.41) is 9.94. The zero-order valence-electron chi connectivity index (χ0n) is 10.9. The van der Waals surface area contributed by atoms with Gasteiger partial charge in [-0.3, -0.25) is 4.90 Å². The molecular formula is C14H26N2O. The monoisotopic (exact) mass is 238 g/mol. The van der Waals surface area contributed by atoms with E-state index < -0.39 is 0 Å². The second-order valence-electron chi connectivity index (χ2n) is 6.20. The summed E-state index contributed by atoms with van der Waals surface area (Å²) in [6.07, 6.45) is 7.60. The molecule has 98 valence electrons. The van der Waals surface area contributed by atoms with E-state index >= 15 is 0 Å².